The number of aromatic nitrogens is 4. The first-order valence-electron chi connectivity index (χ1n) is 6.36. The standard InChI is InChI=1S/C14H13N5O2/c1-8-15-14(19-18-8)17-13(20)11-12(21-9(2)16-11)10-6-4-3-5-7-10/h3-7H,1-2H3,(H2,15,17,18,19,20). The molecule has 1 amide bonds. The first-order chi connectivity index (χ1) is 10.1. The number of carbonyl (C=O) groups is 1. The van der Waals surface area contributed by atoms with Gasteiger partial charge in [0.1, 0.15) is 5.82 Å². The van der Waals surface area contributed by atoms with Gasteiger partial charge in [-0.1, -0.05) is 30.3 Å². The first-order valence-corrected chi connectivity index (χ1v) is 6.36. The number of aryl methyl sites for hydroxylation is 2. The second-order valence-electron chi connectivity index (χ2n) is 4.48. The smallest absolute Gasteiger partial charge is 0.280 e. The van der Waals surface area contributed by atoms with Gasteiger partial charge in [-0.25, -0.2) is 4.98 Å². The fraction of sp³-hybridized carbons (Fsp3) is 0.143. The topological polar surface area (TPSA) is 96.7 Å². The van der Waals surface area contributed by atoms with E-state index >= 15 is 0 Å². The van der Waals surface area contributed by atoms with E-state index in [1.165, 1.54) is 0 Å². The van der Waals surface area contributed by atoms with Crippen molar-refractivity contribution in [1.29, 1.82) is 0 Å². The molecule has 7 heteroatoms. The molecule has 2 aromatic heterocycles. The maximum atomic E-state index is 12.3. The number of nitrogens with zero attached hydrogens (tertiary/aromatic N) is 3. The minimum absolute atomic E-state index is 0.206. The molecule has 7 nitrogen and oxygen atoms in total. The molecule has 0 atom stereocenters. The van der Waals surface area contributed by atoms with Gasteiger partial charge in [0.15, 0.2) is 17.3 Å². The van der Waals surface area contributed by atoms with Crippen LogP contribution in [0.3, 0.4) is 0 Å². The van der Waals surface area contributed by atoms with Crippen molar-refractivity contribution in [3.05, 3.63) is 47.7 Å². The van der Waals surface area contributed by atoms with Crippen LogP contribution in [0.4, 0.5) is 5.95 Å². The summed E-state index contributed by atoms with van der Waals surface area (Å²) >= 11 is 0. The average molecular weight is 283 g/mol. The highest BCUT2D eigenvalue weighted by atomic mass is 16.4. The predicted molar refractivity (Wildman–Crippen MR) is 75.7 cm³/mol. The van der Waals surface area contributed by atoms with Gasteiger partial charge in [0.25, 0.3) is 5.91 Å². The van der Waals surface area contributed by atoms with Crippen LogP contribution in [0.1, 0.15) is 22.2 Å². The Morgan fingerprint density at radius 3 is 2.62 bits per heavy atom. The van der Waals surface area contributed by atoms with Gasteiger partial charge in [-0.05, 0) is 6.92 Å². The molecule has 0 spiro atoms. The molecule has 2 N–H and O–H groups in total. The van der Waals surface area contributed by atoms with Crippen LogP contribution in [0.5, 0.6) is 0 Å². The van der Waals surface area contributed by atoms with E-state index in [0.717, 1.165) is 5.56 Å². The summed E-state index contributed by atoms with van der Waals surface area (Å²) in [7, 11) is 0. The number of oxazole rings is 1. The van der Waals surface area contributed by atoms with Crippen LogP contribution in [0.2, 0.25) is 0 Å². The monoisotopic (exact) mass is 283 g/mol. The highest BCUT2D eigenvalue weighted by Gasteiger charge is 2.21. The first kappa shape index (κ1) is 13.0. The molecule has 1 aromatic carbocycles. The van der Waals surface area contributed by atoms with Gasteiger partial charge >= 0.3 is 0 Å². The van der Waals surface area contributed by atoms with Crippen LogP contribution in [0, 0.1) is 13.8 Å². The molecular weight excluding hydrogens is 270 g/mol. The summed E-state index contributed by atoms with van der Waals surface area (Å²) < 4.78 is 5.54. The maximum absolute atomic E-state index is 12.3. The van der Waals surface area contributed by atoms with Crippen LogP contribution >= 0.6 is 0 Å². The van der Waals surface area contributed by atoms with Gasteiger partial charge < -0.3 is 4.42 Å². The van der Waals surface area contributed by atoms with Gasteiger partial charge in [0.05, 0.1) is 0 Å². The Morgan fingerprint density at radius 1 is 1.19 bits per heavy atom. The third-order valence-corrected chi connectivity index (χ3v) is 2.81. The van der Waals surface area contributed by atoms with E-state index in [4.69, 9.17) is 4.42 Å². The normalized spacial score (nSPS) is 10.6. The molecule has 0 radical (unpaired) electrons. The molecule has 0 bridgehead atoms. The number of hydrogen-bond donors (Lipinski definition) is 2. The summed E-state index contributed by atoms with van der Waals surface area (Å²) in [5.74, 6) is 1.26. The Labute approximate surface area is 120 Å². The van der Waals surface area contributed by atoms with E-state index in [1.807, 2.05) is 30.3 Å². The fourth-order valence-corrected chi connectivity index (χ4v) is 1.93. The van der Waals surface area contributed by atoms with Crippen LogP contribution in [0.25, 0.3) is 11.3 Å². The van der Waals surface area contributed by atoms with Gasteiger partial charge in [-0.15, -0.1) is 5.10 Å². The number of carbonyl (C=O) groups excluding carboxylic acids is 1. The lowest BCUT2D eigenvalue weighted by atomic mass is 10.1. The van der Waals surface area contributed by atoms with Gasteiger partial charge in [0, 0.05) is 12.5 Å². The molecule has 0 aliphatic carbocycles. The van der Waals surface area contributed by atoms with Gasteiger partial charge in [0.2, 0.25) is 5.95 Å². The Morgan fingerprint density at radius 2 is 1.95 bits per heavy atom. The zero-order chi connectivity index (χ0) is 14.8. The number of H-pyrrole nitrogens is 1. The Kier molecular flexibility index (Phi) is 3.23. The summed E-state index contributed by atoms with van der Waals surface area (Å²) in [4.78, 5) is 20.5. The number of nitrogens with one attached hydrogen (secondary N) is 2. The Balaban J connectivity index is 1.93. The number of benzene rings is 1. The number of aromatic amines is 1. The van der Waals surface area contributed by atoms with E-state index in [1.54, 1.807) is 13.8 Å². The molecule has 106 valence electrons. The summed E-state index contributed by atoms with van der Waals surface area (Å²) in [6.07, 6.45) is 0. The Bertz CT molecular complexity index is 776. The summed E-state index contributed by atoms with van der Waals surface area (Å²) in [6, 6.07) is 9.34. The minimum Gasteiger partial charge on any atom is -0.440 e. The van der Waals surface area contributed by atoms with E-state index < -0.39 is 5.91 Å². The van der Waals surface area contributed by atoms with Crippen LogP contribution in [0.15, 0.2) is 34.7 Å². The summed E-state index contributed by atoms with van der Waals surface area (Å²) in [5, 5.41) is 9.11. The van der Waals surface area contributed by atoms with E-state index in [2.05, 4.69) is 25.5 Å². The number of hydrogen-bond acceptors (Lipinski definition) is 5. The second-order valence-corrected chi connectivity index (χ2v) is 4.48. The van der Waals surface area contributed by atoms with Crippen molar-refractivity contribution in [3.63, 3.8) is 0 Å². The minimum atomic E-state index is -0.412. The van der Waals surface area contributed by atoms with Crippen molar-refractivity contribution in [2.75, 3.05) is 5.32 Å². The van der Waals surface area contributed by atoms with Crippen molar-refractivity contribution in [3.8, 4) is 11.3 Å². The predicted octanol–water partition coefficient (Wildman–Crippen LogP) is 2.33. The highest BCUT2D eigenvalue weighted by Crippen LogP contribution is 2.25. The summed E-state index contributed by atoms with van der Waals surface area (Å²) in [6.45, 7) is 3.44. The van der Waals surface area contributed by atoms with Gasteiger partial charge in [-0.2, -0.15) is 4.98 Å². The third kappa shape index (κ3) is 2.66. The van der Waals surface area contributed by atoms with Crippen molar-refractivity contribution >= 4 is 11.9 Å². The molecule has 0 aliphatic rings. The van der Waals surface area contributed by atoms with E-state index in [-0.39, 0.29) is 11.6 Å². The highest BCUT2D eigenvalue weighted by molar-refractivity contribution is 6.05. The molecule has 0 aliphatic heterocycles. The molecule has 0 fully saturated rings. The molecule has 21 heavy (non-hydrogen) atoms. The summed E-state index contributed by atoms with van der Waals surface area (Å²) in [5.41, 5.74) is 0.996. The zero-order valence-corrected chi connectivity index (χ0v) is 11.5. The van der Waals surface area contributed by atoms with Crippen molar-refractivity contribution in [1.82, 2.24) is 20.2 Å². The molecule has 0 saturated heterocycles. The van der Waals surface area contributed by atoms with Crippen LogP contribution in [-0.4, -0.2) is 26.1 Å². The molecule has 2 heterocycles. The molecular formula is C14H13N5O2. The lowest BCUT2D eigenvalue weighted by Crippen LogP contribution is -2.14. The van der Waals surface area contributed by atoms with E-state index in [9.17, 15) is 4.79 Å². The van der Waals surface area contributed by atoms with Crippen LogP contribution in [-0.2, 0) is 0 Å². The van der Waals surface area contributed by atoms with Crippen molar-refractivity contribution in [2.24, 2.45) is 0 Å². The largest absolute Gasteiger partial charge is 0.440 e. The van der Waals surface area contributed by atoms with Gasteiger partial charge in [-0.3, -0.25) is 15.2 Å². The molecule has 0 saturated carbocycles. The van der Waals surface area contributed by atoms with Crippen molar-refractivity contribution < 1.29 is 9.21 Å². The van der Waals surface area contributed by atoms with Crippen LogP contribution < -0.4 is 5.32 Å². The lowest BCUT2D eigenvalue weighted by molar-refractivity contribution is 0.102. The van der Waals surface area contributed by atoms with Crippen molar-refractivity contribution in [2.45, 2.75) is 13.8 Å². The third-order valence-electron chi connectivity index (χ3n) is 2.81. The zero-order valence-electron chi connectivity index (χ0n) is 11.5. The number of amides is 1. The van der Waals surface area contributed by atoms with E-state index in [0.29, 0.717) is 17.5 Å². The molecule has 0 unspecified atom stereocenters. The maximum Gasteiger partial charge on any atom is 0.280 e. The average Bonchev–Trinajstić information content (AvgIpc) is 3.06. The lowest BCUT2D eigenvalue weighted by Gasteiger charge is -2.00. The fourth-order valence-electron chi connectivity index (χ4n) is 1.93. The molecule has 3 aromatic rings. The molecule has 3 rings (SSSR count). The SMILES string of the molecule is Cc1nc(NC(=O)c2nc(C)oc2-c2ccccc2)n[nH]1. The number of rotatable bonds is 3. The second kappa shape index (κ2) is 5.20. The quantitative estimate of drug-likeness (QED) is 0.769. The Hall–Kier alpha value is -2.96. The number of anilines is 1.